The summed E-state index contributed by atoms with van der Waals surface area (Å²) in [7, 11) is 0. The molecule has 0 aliphatic heterocycles. The van der Waals surface area contributed by atoms with Crippen LogP contribution in [0.15, 0.2) is 24.3 Å². The maximum atomic E-state index is 5.99. The summed E-state index contributed by atoms with van der Waals surface area (Å²) in [6.07, 6.45) is 0. The molecule has 2 aromatic rings. The summed E-state index contributed by atoms with van der Waals surface area (Å²) in [6.45, 7) is 4.04. The van der Waals surface area contributed by atoms with Gasteiger partial charge < -0.3 is 10.5 Å². The molecule has 1 heterocycles. The Kier molecular flexibility index (Phi) is 3.64. The van der Waals surface area contributed by atoms with Gasteiger partial charge in [-0.25, -0.2) is 0 Å². The van der Waals surface area contributed by atoms with Crippen LogP contribution in [-0.4, -0.2) is 4.98 Å². The average molecular weight is 283 g/mol. The summed E-state index contributed by atoms with van der Waals surface area (Å²) in [6, 6.07) is 7.25. The van der Waals surface area contributed by atoms with Crippen LogP contribution in [0.4, 0.5) is 5.82 Å². The lowest BCUT2D eigenvalue weighted by Gasteiger charge is -2.09. The topological polar surface area (TPSA) is 48.1 Å². The number of pyridine rings is 1. The minimum absolute atomic E-state index is 0.194. The fourth-order valence-electron chi connectivity index (χ4n) is 1.42. The Bertz CT molecular complexity index is 600. The zero-order chi connectivity index (χ0) is 13.3. The molecule has 18 heavy (non-hydrogen) atoms. The van der Waals surface area contributed by atoms with E-state index >= 15 is 0 Å². The number of ether oxygens (including phenoxy) is 1. The summed E-state index contributed by atoms with van der Waals surface area (Å²) in [5, 5.41) is 0.639. The third kappa shape index (κ3) is 2.68. The van der Waals surface area contributed by atoms with E-state index in [0.717, 1.165) is 5.56 Å². The van der Waals surface area contributed by atoms with Crippen LogP contribution in [0.25, 0.3) is 0 Å². The third-order valence-electron chi connectivity index (χ3n) is 2.62. The molecule has 0 radical (unpaired) electrons. The number of aryl methyl sites for hydroxylation is 2. The molecule has 2 N–H and O–H groups in total. The van der Waals surface area contributed by atoms with Gasteiger partial charge in [0.05, 0.1) is 5.02 Å². The largest absolute Gasteiger partial charge is 0.437 e. The summed E-state index contributed by atoms with van der Waals surface area (Å²) < 4.78 is 5.60. The van der Waals surface area contributed by atoms with E-state index in [0.29, 0.717) is 15.8 Å². The maximum Gasteiger partial charge on any atom is 0.240 e. The van der Waals surface area contributed by atoms with Crippen LogP contribution < -0.4 is 10.5 Å². The van der Waals surface area contributed by atoms with E-state index in [4.69, 9.17) is 33.7 Å². The molecule has 2 rings (SSSR count). The Labute approximate surface area is 115 Å². The molecular weight excluding hydrogens is 271 g/mol. The monoisotopic (exact) mass is 282 g/mol. The van der Waals surface area contributed by atoms with Crippen molar-refractivity contribution in [2.24, 2.45) is 0 Å². The molecule has 0 amide bonds. The van der Waals surface area contributed by atoms with Crippen molar-refractivity contribution in [1.82, 2.24) is 4.98 Å². The Morgan fingerprint density at radius 3 is 2.44 bits per heavy atom. The first-order valence-corrected chi connectivity index (χ1v) is 6.09. The number of rotatable bonds is 2. The number of nitrogens with two attached hydrogens (primary N) is 1. The van der Waals surface area contributed by atoms with Crippen LogP contribution in [0, 0.1) is 13.8 Å². The predicted octanol–water partition coefficient (Wildman–Crippen LogP) is 4.38. The standard InChI is InChI=1S/C13H12Cl2N2O/c1-7-3-4-9(5-8(7)2)18-13-11(15)6-10(14)12(16)17-13/h3-6H,1-2H3,(H2,16,17). The highest BCUT2D eigenvalue weighted by atomic mass is 35.5. The summed E-state index contributed by atoms with van der Waals surface area (Å²) in [5.41, 5.74) is 7.94. The third-order valence-corrected chi connectivity index (χ3v) is 3.19. The zero-order valence-corrected chi connectivity index (χ0v) is 11.5. The maximum absolute atomic E-state index is 5.99. The number of hydrogen-bond donors (Lipinski definition) is 1. The van der Waals surface area contributed by atoms with E-state index in [9.17, 15) is 0 Å². The number of anilines is 1. The van der Waals surface area contributed by atoms with E-state index < -0.39 is 0 Å². The molecule has 0 spiro atoms. The van der Waals surface area contributed by atoms with Crippen molar-refractivity contribution >= 4 is 29.0 Å². The Hall–Kier alpha value is -1.45. The molecule has 0 saturated heterocycles. The van der Waals surface area contributed by atoms with Gasteiger partial charge in [-0.3, -0.25) is 0 Å². The fraction of sp³-hybridized carbons (Fsp3) is 0.154. The molecule has 0 aliphatic carbocycles. The lowest BCUT2D eigenvalue weighted by Crippen LogP contribution is -1.96. The molecule has 1 aromatic carbocycles. The first-order valence-electron chi connectivity index (χ1n) is 5.34. The average Bonchev–Trinajstić information content (AvgIpc) is 2.31. The molecule has 0 atom stereocenters. The summed E-state index contributed by atoms with van der Waals surface area (Å²) >= 11 is 11.8. The summed E-state index contributed by atoms with van der Waals surface area (Å²) in [5.74, 6) is 1.11. The number of hydrogen-bond acceptors (Lipinski definition) is 3. The quantitative estimate of drug-likeness (QED) is 0.889. The summed E-state index contributed by atoms with van der Waals surface area (Å²) in [4.78, 5) is 4.01. The second-order valence-electron chi connectivity index (χ2n) is 3.99. The van der Waals surface area contributed by atoms with Crippen molar-refractivity contribution in [3.8, 4) is 11.6 Å². The second-order valence-corrected chi connectivity index (χ2v) is 4.80. The lowest BCUT2D eigenvalue weighted by molar-refractivity contribution is 0.463. The molecule has 5 heteroatoms. The molecular formula is C13H12Cl2N2O. The first-order chi connectivity index (χ1) is 8.47. The molecule has 94 valence electrons. The molecule has 0 fully saturated rings. The highest BCUT2D eigenvalue weighted by Gasteiger charge is 2.09. The van der Waals surface area contributed by atoms with Crippen molar-refractivity contribution in [1.29, 1.82) is 0 Å². The zero-order valence-electron chi connectivity index (χ0n) is 10.00. The van der Waals surface area contributed by atoms with Gasteiger partial charge in [0.15, 0.2) is 0 Å². The van der Waals surface area contributed by atoms with Gasteiger partial charge in [-0.1, -0.05) is 29.3 Å². The number of benzene rings is 1. The number of halogens is 2. The molecule has 0 bridgehead atoms. The Balaban J connectivity index is 2.34. The van der Waals surface area contributed by atoms with Gasteiger partial charge in [0.25, 0.3) is 0 Å². The van der Waals surface area contributed by atoms with Gasteiger partial charge >= 0.3 is 0 Å². The van der Waals surface area contributed by atoms with Crippen LogP contribution in [0.2, 0.25) is 10.0 Å². The smallest absolute Gasteiger partial charge is 0.240 e. The highest BCUT2D eigenvalue weighted by molar-refractivity contribution is 6.36. The number of aromatic nitrogens is 1. The van der Waals surface area contributed by atoms with Crippen molar-refractivity contribution in [3.05, 3.63) is 45.4 Å². The van der Waals surface area contributed by atoms with Crippen molar-refractivity contribution in [2.75, 3.05) is 5.73 Å². The van der Waals surface area contributed by atoms with Crippen LogP contribution in [0.1, 0.15) is 11.1 Å². The van der Waals surface area contributed by atoms with Crippen LogP contribution in [0.3, 0.4) is 0 Å². The SMILES string of the molecule is Cc1ccc(Oc2nc(N)c(Cl)cc2Cl)cc1C. The van der Waals surface area contributed by atoms with Crippen LogP contribution in [0.5, 0.6) is 11.6 Å². The van der Waals surface area contributed by atoms with Crippen molar-refractivity contribution in [2.45, 2.75) is 13.8 Å². The molecule has 0 aliphatic rings. The van der Waals surface area contributed by atoms with E-state index in [1.165, 1.54) is 11.6 Å². The fourth-order valence-corrected chi connectivity index (χ4v) is 1.82. The normalized spacial score (nSPS) is 10.4. The van der Waals surface area contributed by atoms with E-state index in [-0.39, 0.29) is 11.7 Å². The molecule has 3 nitrogen and oxygen atoms in total. The van der Waals surface area contributed by atoms with E-state index in [2.05, 4.69) is 4.98 Å². The van der Waals surface area contributed by atoms with Crippen molar-refractivity contribution < 1.29 is 4.74 Å². The van der Waals surface area contributed by atoms with Gasteiger partial charge in [-0.15, -0.1) is 0 Å². The Morgan fingerprint density at radius 1 is 1.06 bits per heavy atom. The van der Waals surface area contributed by atoms with Crippen LogP contribution in [-0.2, 0) is 0 Å². The van der Waals surface area contributed by atoms with Gasteiger partial charge in [0.1, 0.15) is 16.6 Å². The number of nitrogens with zero attached hydrogens (tertiary/aromatic N) is 1. The van der Waals surface area contributed by atoms with Crippen molar-refractivity contribution in [3.63, 3.8) is 0 Å². The van der Waals surface area contributed by atoms with E-state index in [1.54, 1.807) is 0 Å². The van der Waals surface area contributed by atoms with Gasteiger partial charge in [-0.2, -0.15) is 4.98 Å². The molecule has 1 aromatic heterocycles. The molecule has 0 saturated carbocycles. The molecule has 0 unspecified atom stereocenters. The lowest BCUT2D eigenvalue weighted by atomic mass is 10.1. The number of nitrogen functional groups attached to an aromatic ring is 1. The van der Waals surface area contributed by atoms with Gasteiger partial charge in [0, 0.05) is 0 Å². The van der Waals surface area contributed by atoms with Gasteiger partial charge in [0.2, 0.25) is 5.88 Å². The van der Waals surface area contributed by atoms with Gasteiger partial charge in [-0.05, 0) is 43.2 Å². The first kappa shape index (κ1) is 13.0. The van der Waals surface area contributed by atoms with E-state index in [1.807, 2.05) is 32.0 Å². The minimum Gasteiger partial charge on any atom is -0.437 e. The van der Waals surface area contributed by atoms with Crippen LogP contribution >= 0.6 is 23.2 Å². The highest BCUT2D eigenvalue weighted by Crippen LogP contribution is 2.32. The Morgan fingerprint density at radius 2 is 1.78 bits per heavy atom. The minimum atomic E-state index is 0.194. The predicted molar refractivity (Wildman–Crippen MR) is 74.7 cm³/mol. The second kappa shape index (κ2) is 5.04.